The fraction of sp³-hybridized carbons (Fsp3) is 0.290. The predicted molar refractivity (Wildman–Crippen MR) is 168 cm³/mol. The standard InChI is InChI=1S/C31H34N4O6S2/c1-30(2,3)16-17-31(32-19-20-10-6-5-7-11-20)23-13-9-8-12-22(23)27(36)26(28(31)37)29-33-24-15-14-21(34-42(4,38)39)18-25(24)43(40,41)35-29/h5-15,18,32,34,36H,16-17,19H2,1-4H3,(H,33,35). The maximum Gasteiger partial charge on any atom is 0.286 e. The van der Waals surface area contributed by atoms with Crippen molar-refractivity contribution in [2.75, 3.05) is 16.3 Å². The number of nitrogens with one attached hydrogen (secondary N) is 3. The Labute approximate surface area is 252 Å². The minimum atomic E-state index is -4.40. The maximum absolute atomic E-state index is 14.7. The zero-order valence-corrected chi connectivity index (χ0v) is 25.9. The van der Waals surface area contributed by atoms with Gasteiger partial charge in [0.1, 0.15) is 21.8 Å². The number of aliphatic hydroxyl groups is 1. The second-order valence-corrected chi connectivity index (χ2v) is 15.3. The summed E-state index contributed by atoms with van der Waals surface area (Å²) in [5.41, 5.74) is 0.380. The van der Waals surface area contributed by atoms with E-state index in [2.05, 4.69) is 40.5 Å². The molecule has 0 aromatic heterocycles. The first-order chi connectivity index (χ1) is 20.1. The van der Waals surface area contributed by atoms with Crippen LogP contribution in [0.2, 0.25) is 0 Å². The molecule has 1 aliphatic heterocycles. The lowest BCUT2D eigenvalue weighted by Gasteiger charge is -2.41. The van der Waals surface area contributed by atoms with Crippen LogP contribution < -0.4 is 15.4 Å². The summed E-state index contributed by atoms with van der Waals surface area (Å²) in [4.78, 5) is 14.5. The molecule has 4 N–H and O–H groups in total. The van der Waals surface area contributed by atoms with Crippen molar-refractivity contribution in [3.63, 3.8) is 0 Å². The first kappa shape index (κ1) is 30.5. The van der Waals surface area contributed by atoms with Crippen LogP contribution in [0.25, 0.3) is 5.76 Å². The summed E-state index contributed by atoms with van der Waals surface area (Å²) in [6.45, 7) is 6.58. The molecule has 0 saturated heterocycles. The molecular formula is C31H34N4O6S2. The number of rotatable bonds is 8. The topological polar surface area (TPSA) is 154 Å². The summed E-state index contributed by atoms with van der Waals surface area (Å²) in [6.07, 6.45) is 1.96. The van der Waals surface area contributed by atoms with Gasteiger partial charge in [0.05, 0.1) is 11.9 Å². The van der Waals surface area contributed by atoms with E-state index in [4.69, 9.17) is 0 Å². The van der Waals surface area contributed by atoms with Gasteiger partial charge in [0, 0.05) is 17.8 Å². The van der Waals surface area contributed by atoms with Crippen molar-refractivity contribution in [3.05, 3.63) is 95.1 Å². The van der Waals surface area contributed by atoms with E-state index in [1.54, 1.807) is 24.3 Å². The Bertz CT molecular complexity index is 1880. The third kappa shape index (κ3) is 6.22. The second-order valence-electron chi connectivity index (χ2n) is 12.0. The van der Waals surface area contributed by atoms with E-state index in [-0.39, 0.29) is 38.9 Å². The highest BCUT2D eigenvalue weighted by molar-refractivity contribution is 7.92. The van der Waals surface area contributed by atoms with Gasteiger partial charge in [0.25, 0.3) is 10.0 Å². The van der Waals surface area contributed by atoms with Crippen LogP contribution in [0, 0.1) is 5.41 Å². The summed E-state index contributed by atoms with van der Waals surface area (Å²) >= 11 is 0. The molecular weight excluding hydrogens is 588 g/mol. The van der Waals surface area contributed by atoms with Crippen LogP contribution in [0.15, 0.2) is 87.7 Å². The lowest BCUT2D eigenvalue weighted by Crippen LogP contribution is -2.53. The molecule has 0 saturated carbocycles. The molecule has 0 fully saturated rings. The highest BCUT2D eigenvalue weighted by Gasteiger charge is 2.49. The van der Waals surface area contributed by atoms with E-state index in [9.17, 15) is 26.7 Å². The third-order valence-electron chi connectivity index (χ3n) is 7.44. The molecule has 1 unspecified atom stereocenters. The third-order valence-corrected chi connectivity index (χ3v) is 9.37. The summed E-state index contributed by atoms with van der Waals surface area (Å²) < 4.78 is 56.4. The molecule has 1 heterocycles. The number of aliphatic hydroxyl groups excluding tert-OH is 1. The lowest BCUT2D eigenvalue weighted by molar-refractivity contribution is -0.122. The number of fused-ring (bicyclic) bond motifs is 2. The number of hydrogen-bond donors (Lipinski definition) is 4. The molecule has 12 heteroatoms. The van der Waals surface area contributed by atoms with E-state index in [1.165, 1.54) is 12.1 Å². The molecule has 226 valence electrons. The minimum absolute atomic E-state index is 0.0429. The van der Waals surface area contributed by atoms with Crippen molar-refractivity contribution < 1.29 is 26.7 Å². The normalized spacial score (nSPS) is 19.6. The van der Waals surface area contributed by atoms with Gasteiger partial charge in [0.2, 0.25) is 10.0 Å². The van der Waals surface area contributed by atoms with Crippen LogP contribution >= 0.6 is 0 Å². The van der Waals surface area contributed by atoms with Crippen LogP contribution in [0.3, 0.4) is 0 Å². The molecule has 0 spiro atoms. The quantitative estimate of drug-likeness (QED) is 0.276. The van der Waals surface area contributed by atoms with Gasteiger partial charge in [-0.05, 0) is 47.6 Å². The minimum Gasteiger partial charge on any atom is -0.506 e. The number of anilines is 2. The van der Waals surface area contributed by atoms with Crippen molar-refractivity contribution >= 4 is 48.8 Å². The lowest BCUT2D eigenvalue weighted by atomic mass is 9.69. The fourth-order valence-corrected chi connectivity index (χ4v) is 7.03. The SMILES string of the molecule is CC(C)(C)CCC1(NCc2ccccc2)C(=O)C(C2=NS(=O)(=O)c3cc(NS(C)(=O)=O)ccc3N2)=C(O)c2ccccc21. The molecule has 0 amide bonds. The van der Waals surface area contributed by atoms with Crippen molar-refractivity contribution in [1.29, 1.82) is 0 Å². The van der Waals surface area contributed by atoms with Gasteiger partial charge in [-0.3, -0.25) is 14.8 Å². The highest BCUT2D eigenvalue weighted by atomic mass is 32.2. The number of sulfonamides is 2. The Morgan fingerprint density at radius 3 is 2.35 bits per heavy atom. The van der Waals surface area contributed by atoms with E-state index in [1.807, 2.05) is 30.3 Å². The number of carbonyl (C=O) groups is 1. The zero-order chi connectivity index (χ0) is 31.2. The van der Waals surface area contributed by atoms with Gasteiger partial charge >= 0.3 is 0 Å². The number of carbonyl (C=O) groups excluding carboxylic acids is 1. The van der Waals surface area contributed by atoms with Crippen LogP contribution in [0.1, 0.15) is 50.3 Å². The van der Waals surface area contributed by atoms with Crippen molar-refractivity contribution in [3.8, 4) is 0 Å². The van der Waals surface area contributed by atoms with Crippen LogP contribution in [-0.4, -0.2) is 39.8 Å². The summed E-state index contributed by atoms with van der Waals surface area (Å²) in [7, 11) is -8.06. The van der Waals surface area contributed by atoms with Crippen molar-refractivity contribution in [2.24, 2.45) is 9.81 Å². The molecule has 3 aromatic rings. The number of Topliss-reactive ketones (excluding diaryl/α,β-unsaturated/α-hetero) is 1. The van der Waals surface area contributed by atoms with Crippen molar-refractivity contribution in [2.45, 2.75) is 50.6 Å². The zero-order valence-electron chi connectivity index (χ0n) is 24.3. The molecule has 1 aliphatic carbocycles. The van der Waals surface area contributed by atoms with Gasteiger partial charge in [-0.25, -0.2) is 8.42 Å². The van der Waals surface area contributed by atoms with Crippen LogP contribution in [0.4, 0.5) is 11.4 Å². The molecule has 43 heavy (non-hydrogen) atoms. The van der Waals surface area contributed by atoms with Gasteiger partial charge in [-0.1, -0.05) is 75.4 Å². The Morgan fingerprint density at radius 2 is 1.67 bits per heavy atom. The van der Waals surface area contributed by atoms with Gasteiger partial charge in [-0.2, -0.15) is 8.42 Å². The maximum atomic E-state index is 14.7. The molecule has 3 aromatic carbocycles. The number of ketones is 1. The van der Waals surface area contributed by atoms with E-state index < -0.39 is 31.4 Å². The van der Waals surface area contributed by atoms with Gasteiger partial charge < -0.3 is 10.4 Å². The number of amidine groups is 1. The molecule has 5 rings (SSSR count). The Kier molecular flexibility index (Phi) is 7.74. The van der Waals surface area contributed by atoms with E-state index in [0.29, 0.717) is 30.5 Å². The average Bonchev–Trinajstić information content (AvgIpc) is 2.92. The first-order valence-corrected chi connectivity index (χ1v) is 17.0. The number of nitrogens with zero attached hydrogens (tertiary/aromatic N) is 1. The Balaban J connectivity index is 1.64. The second kappa shape index (κ2) is 10.9. The average molecular weight is 623 g/mol. The molecule has 2 aliphatic rings. The van der Waals surface area contributed by atoms with Gasteiger partial charge in [0.15, 0.2) is 11.6 Å². The first-order valence-electron chi connectivity index (χ1n) is 13.7. The molecule has 10 nitrogen and oxygen atoms in total. The van der Waals surface area contributed by atoms with Crippen molar-refractivity contribution in [1.82, 2.24) is 5.32 Å². The number of benzene rings is 3. The molecule has 0 bridgehead atoms. The summed E-state index contributed by atoms with van der Waals surface area (Å²) in [5, 5.41) is 17.9. The number of hydrogen-bond acceptors (Lipinski definition) is 8. The van der Waals surface area contributed by atoms with Crippen LogP contribution in [0.5, 0.6) is 0 Å². The van der Waals surface area contributed by atoms with Crippen LogP contribution in [-0.2, 0) is 36.9 Å². The predicted octanol–water partition coefficient (Wildman–Crippen LogP) is 4.93. The fourth-order valence-electron chi connectivity index (χ4n) is 5.33. The smallest absolute Gasteiger partial charge is 0.286 e. The largest absolute Gasteiger partial charge is 0.506 e. The Hall–Kier alpha value is -4.00. The molecule has 1 atom stereocenters. The van der Waals surface area contributed by atoms with Gasteiger partial charge in [-0.15, -0.1) is 4.40 Å². The van der Waals surface area contributed by atoms with E-state index in [0.717, 1.165) is 17.9 Å². The van der Waals surface area contributed by atoms with E-state index >= 15 is 0 Å². The Morgan fingerprint density at radius 1 is 1.00 bits per heavy atom. The monoisotopic (exact) mass is 622 g/mol. The summed E-state index contributed by atoms with van der Waals surface area (Å²) in [5.74, 6) is -1.20. The highest BCUT2D eigenvalue weighted by Crippen LogP contribution is 2.44. The molecule has 0 radical (unpaired) electrons. The summed E-state index contributed by atoms with van der Waals surface area (Å²) in [6, 6.07) is 20.6.